The van der Waals surface area contributed by atoms with Crippen molar-refractivity contribution >= 4 is 0 Å². The molecule has 1 atom stereocenters. The third kappa shape index (κ3) is 1.91. The van der Waals surface area contributed by atoms with Crippen LogP contribution in [-0.4, -0.2) is 18.6 Å². The van der Waals surface area contributed by atoms with E-state index in [1.807, 2.05) is 43.4 Å². The normalized spacial score (nSPS) is 16.8. The predicted octanol–water partition coefficient (Wildman–Crippen LogP) is 2.53. The number of likely N-dealkylation sites (N-methyl/N-ethyl adjacent to an activating group) is 1. The molecule has 1 aromatic heterocycles. The van der Waals surface area contributed by atoms with Crippen LogP contribution in [0.1, 0.15) is 11.8 Å². The summed E-state index contributed by atoms with van der Waals surface area (Å²) in [5.74, 6) is 2.23. The summed E-state index contributed by atoms with van der Waals surface area (Å²) in [6, 6.07) is 11.4. The number of fused-ring (bicyclic) bond motifs is 2. The van der Waals surface area contributed by atoms with Gasteiger partial charge in [0.25, 0.3) is 0 Å². The Balaban J connectivity index is 2.08. The predicted molar refractivity (Wildman–Crippen MR) is 68.0 cm³/mol. The molecular weight excluding hydrogens is 228 g/mol. The topological polar surface area (TPSA) is 43.4 Å². The summed E-state index contributed by atoms with van der Waals surface area (Å²) in [5.41, 5.74) is 0.822. The Hall–Kier alpha value is -2.07. The van der Waals surface area contributed by atoms with Crippen LogP contribution < -0.4 is 14.8 Å². The van der Waals surface area contributed by atoms with Crippen molar-refractivity contribution in [1.82, 2.24) is 10.3 Å². The first-order valence-corrected chi connectivity index (χ1v) is 5.91. The summed E-state index contributed by atoms with van der Waals surface area (Å²) in [7, 11) is 1.89. The van der Waals surface area contributed by atoms with Gasteiger partial charge in [-0.3, -0.25) is 4.98 Å². The van der Waals surface area contributed by atoms with E-state index in [0.717, 1.165) is 22.9 Å². The molecule has 2 aromatic rings. The van der Waals surface area contributed by atoms with E-state index in [-0.39, 0.29) is 6.10 Å². The van der Waals surface area contributed by atoms with Gasteiger partial charge in [-0.2, -0.15) is 0 Å². The highest BCUT2D eigenvalue weighted by molar-refractivity contribution is 5.46. The number of pyridine rings is 1. The van der Waals surface area contributed by atoms with E-state index in [0.29, 0.717) is 6.54 Å². The molecule has 1 N–H and O–H groups in total. The van der Waals surface area contributed by atoms with E-state index >= 15 is 0 Å². The third-order valence-electron chi connectivity index (χ3n) is 2.83. The maximum absolute atomic E-state index is 5.97. The van der Waals surface area contributed by atoms with Crippen LogP contribution >= 0.6 is 0 Å². The Morgan fingerprint density at radius 3 is 2.72 bits per heavy atom. The Kier molecular flexibility index (Phi) is 2.86. The molecule has 1 aliphatic rings. The summed E-state index contributed by atoms with van der Waals surface area (Å²) in [5, 5.41) is 3.12. The lowest BCUT2D eigenvalue weighted by Gasteiger charge is -2.16. The molecule has 0 radical (unpaired) electrons. The smallest absolute Gasteiger partial charge is 0.169 e. The van der Waals surface area contributed by atoms with Crippen LogP contribution in [0.4, 0.5) is 0 Å². The molecule has 0 amide bonds. The van der Waals surface area contributed by atoms with Crippen LogP contribution in [0.15, 0.2) is 42.6 Å². The number of hydrogen-bond donors (Lipinski definition) is 1. The SMILES string of the molecule is CNCC1Oc2ccccc2Oc2cccnc21. The summed E-state index contributed by atoms with van der Waals surface area (Å²) >= 11 is 0. The molecule has 4 heteroatoms. The number of para-hydroxylation sites is 2. The van der Waals surface area contributed by atoms with Crippen LogP contribution in [0.3, 0.4) is 0 Å². The molecule has 0 saturated heterocycles. The zero-order chi connectivity index (χ0) is 12.4. The molecule has 18 heavy (non-hydrogen) atoms. The van der Waals surface area contributed by atoms with E-state index < -0.39 is 0 Å². The molecule has 2 heterocycles. The first kappa shape index (κ1) is 11.0. The third-order valence-corrected chi connectivity index (χ3v) is 2.83. The van der Waals surface area contributed by atoms with Gasteiger partial charge < -0.3 is 14.8 Å². The number of ether oxygens (including phenoxy) is 2. The van der Waals surface area contributed by atoms with Gasteiger partial charge in [0.15, 0.2) is 23.4 Å². The van der Waals surface area contributed by atoms with E-state index in [2.05, 4.69) is 10.3 Å². The lowest BCUT2D eigenvalue weighted by atomic mass is 10.2. The monoisotopic (exact) mass is 242 g/mol. The zero-order valence-corrected chi connectivity index (χ0v) is 10.1. The molecule has 0 spiro atoms. The summed E-state index contributed by atoms with van der Waals surface area (Å²) in [4.78, 5) is 4.37. The van der Waals surface area contributed by atoms with Gasteiger partial charge in [0, 0.05) is 12.7 Å². The first-order valence-electron chi connectivity index (χ1n) is 5.91. The maximum Gasteiger partial charge on any atom is 0.169 e. The van der Waals surface area contributed by atoms with E-state index in [4.69, 9.17) is 9.47 Å². The minimum absolute atomic E-state index is 0.144. The second kappa shape index (κ2) is 4.66. The van der Waals surface area contributed by atoms with Gasteiger partial charge in [0.2, 0.25) is 0 Å². The van der Waals surface area contributed by atoms with Crippen molar-refractivity contribution in [3.05, 3.63) is 48.3 Å². The van der Waals surface area contributed by atoms with Crippen LogP contribution in [0.5, 0.6) is 17.2 Å². The Bertz CT molecular complexity index is 557. The second-order valence-corrected chi connectivity index (χ2v) is 4.10. The largest absolute Gasteiger partial charge is 0.479 e. The molecule has 0 fully saturated rings. The molecule has 1 unspecified atom stereocenters. The number of nitrogens with zero attached hydrogens (tertiary/aromatic N) is 1. The van der Waals surface area contributed by atoms with Crippen LogP contribution in [0.25, 0.3) is 0 Å². The van der Waals surface area contributed by atoms with Gasteiger partial charge in [-0.25, -0.2) is 0 Å². The van der Waals surface area contributed by atoms with Crippen molar-refractivity contribution in [3.8, 4) is 17.2 Å². The minimum atomic E-state index is -0.144. The quantitative estimate of drug-likeness (QED) is 0.878. The number of nitrogens with one attached hydrogen (secondary N) is 1. The molecule has 1 aromatic carbocycles. The van der Waals surface area contributed by atoms with E-state index in [9.17, 15) is 0 Å². The summed E-state index contributed by atoms with van der Waals surface area (Å²) in [6.07, 6.45) is 1.61. The van der Waals surface area contributed by atoms with Gasteiger partial charge in [-0.05, 0) is 31.3 Å². The average Bonchev–Trinajstić information content (AvgIpc) is 2.56. The Labute approximate surface area is 106 Å². The second-order valence-electron chi connectivity index (χ2n) is 4.10. The highest BCUT2D eigenvalue weighted by Gasteiger charge is 2.24. The molecular formula is C14H14N2O2. The number of hydrogen-bond acceptors (Lipinski definition) is 4. The van der Waals surface area contributed by atoms with Gasteiger partial charge >= 0.3 is 0 Å². The fraction of sp³-hybridized carbons (Fsp3) is 0.214. The molecule has 4 nitrogen and oxygen atoms in total. The van der Waals surface area contributed by atoms with E-state index in [1.165, 1.54) is 0 Å². The fourth-order valence-electron chi connectivity index (χ4n) is 2.01. The maximum atomic E-state index is 5.97. The molecule has 92 valence electrons. The Morgan fingerprint density at radius 2 is 1.89 bits per heavy atom. The van der Waals surface area contributed by atoms with Crippen LogP contribution in [-0.2, 0) is 0 Å². The standard InChI is InChI=1S/C14H14N2O2/c1-15-9-13-14-12(7-4-8-16-14)17-10-5-2-3-6-11(10)18-13/h2-8,13,15H,9H2,1H3. The number of rotatable bonds is 2. The van der Waals surface area contributed by atoms with Crippen molar-refractivity contribution in [2.45, 2.75) is 6.10 Å². The van der Waals surface area contributed by atoms with Crippen molar-refractivity contribution in [3.63, 3.8) is 0 Å². The fourth-order valence-corrected chi connectivity index (χ4v) is 2.01. The average molecular weight is 242 g/mol. The first-order chi connectivity index (χ1) is 8.88. The lowest BCUT2D eigenvalue weighted by molar-refractivity contribution is 0.202. The molecule has 1 aliphatic heterocycles. The van der Waals surface area contributed by atoms with Gasteiger partial charge in [-0.15, -0.1) is 0 Å². The van der Waals surface area contributed by atoms with Crippen LogP contribution in [0.2, 0.25) is 0 Å². The van der Waals surface area contributed by atoms with Gasteiger partial charge in [0.1, 0.15) is 5.69 Å². The molecule has 0 saturated carbocycles. The summed E-state index contributed by atoms with van der Waals surface area (Å²) < 4.78 is 11.8. The van der Waals surface area contributed by atoms with E-state index in [1.54, 1.807) is 6.20 Å². The van der Waals surface area contributed by atoms with Crippen LogP contribution in [0, 0.1) is 0 Å². The van der Waals surface area contributed by atoms with Gasteiger partial charge in [0.05, 0.1) is 0 Å². The highest BCUT2D eigenvalue weighted by Crippen LogP contribution is 2.40. The van der Waals surface area contributed by atoms with Crippen molar-refractivity contribution in [1.29, 1.82) is 0 Å². The molecule has 0 bridgehead atoms. The van der Waals surface area contributed by atoms with Crippen molar-refractivity contribution in [2.24, 2.45) is 0 Å². The van der Waals surface area contributed by atoms with Crippen molar-refractivity contribution < 1.29 is 9.47 Å². The highest BCUT2D eigenvalue weighted by atomic mass is 16.5. The zero-order valence-electron chi connectivity index (χ0n) is 10.1. The number of aromatic nitrogens is 1. The lowest BCUT2D eigenvalue weighted by Crippen LogP contribution is -2.22. The minimum Gasteiger partial charge on any atom is -0.479 e. The van der Waals surface area contributed by atoms with Gasteiger partial charge in [-0.1, -0.05) is 12.1 Å². The summed E-state index contributed by atoms with van der Waals surface area (Å²) in [6.45, 7) is 0.682. The molecule has 0 aliphatic carbocycles. The Morgan fingerprint density at radius 1 is 1.11 bits per heavy atom. The number of benzene rings is 1. The molecule has 3 rings (SSSR count). The van der Waals surface area contributed by atoms with Crippen molar-refractivity contribution in [2.75, 3.05) is 13.6 Å².